The van der Waals surface area contributed by atoms with Gasteiger partial charge in [0.15, 0.2) is 11.6 Å². The smallest absolute Gasteiger partial charge is 0.180 e. The van der Waals surface area contributed by atoms with Gasteiger partial charge in [-0.3, -0.25) is 9.59 Å². The molecule has 22 heavy (non-hydrogen) atoms. The summed E-state index contributed by atoms with van der Waals surface area (Å²) in [5, 5.41) is 0. The standard InChI is InChI=1S/C20H20O2/c1-15-12-13-18(21)20(14-15,17-10-6-3-7-11-17)19(22)16-8-4-2-5-9-16/h2-11,15H,12-14H2,1H3/t15-,20-/m1/s1. The molecule has 0 spiro atoms. The van der Waals surface area contributed by atoms with E-state index in [1.165, 1.54) is 0 Å². The zero-order valence-corrected chi connectivity index (χ0v) is 12.8. The number of carbonyl (C=O) groups excluding carboxylic acids is 2. The van der Waals surface area contributed by atoms with E-state index in [2.05, 4.69) is 6.92 Å². The Labute approximate surface area is 131 Å². The normalized spacial score (nSPS) is 25.0. The molecule has 0 amide bonds. The Hall–Kier alpha value is -2.22. The molecular weight excluding hydrogens is 272 g/mol. The molecule has 2 aromatic carbocycles. The summed E-state index contributed by atoms with van der Waals surface area (Å²) in [7, 11) is 0. The van der Waals surface area contributed by atoms with Crippen LogP contribution in [0.15, 0.2) is 60.7 Å². The van der Waals surface area contributed by atoms with Crippen molar-refractivity contribution in [3.63, 3.8) is 0 Å². The highest BCUT2D eigenvalue weighted by atomic mass is 16.2. The van der Waals surface area contributed by atoms with Gasteiger partial charge < -0.3 is 0 Å². The fraction of sp³-hybridized carbons (Fsp3) is 0.300. The van der Waals surface area contributed by atoms with Crippen molar-refractivity contribution in [1.82, 2.24) is 0 Å². The van der Waals surface area contributed by atoms with Crippen LogP contribution in [0.2, 0.25) is 0 Å². The van der Waals surface area contributed by atoms with Gasteiger partial charge in [0.1, 0.15) is 5.41 Å². The maximum absolute atomic E-state index is 13.3. The van der Waals surface area contributed by atoms with Gasteiger partial charge in [-0.05, 0) is 24.3 Å². The van der Waals surface area contributed by atoms with Crippen LogP contribution in [0.1, 0.15) is 42.1 Å². The van der Waals surface area contributed by atoms with E-state index in [1.807, 2.05) is 48.5 Å². The van der Waals surface area contributed by atoms with Crippen LogP contribution in [-0.4, -0.2) is 11.6 Å². The van der Waals surface area contributed by atoms with Crippen LogP contribution in [0.5, 0.6) is 0 Å². The Morgan fingerprint density at radius 1 is 1.00 bits per heavy atom. The van der Waals surface area contributed by atoms with Crippen molar-refractivity contribution in [1.29, 1.82) is 0 Å². The first-order valence-corrected chi connectivity index (χ1v) is 7.83. The first kappa shape index (κ1) is 14.7. The van der Waals surface area contributed by atoms with Crippen molar-refractivity contribution >= 4 is 11.6 Å². The number of benzene rings is 2. The van der Waals surface area contributed by atoms with E-state index >= 15 is 0 Å². The van der Waals surface area contributed by atoms with Gasteiger partial charge in [-0.15, -0.1) is 0 Å². The Morgan fingerprint density at radius 2 is 1.59 bits per heavy atom. The van der Waals surface area contributed by atoms with E-state index in [1.54, 1.807) is 12.1 Å². The molecule has 2 atom stereocenters. The number of Topliss-reactive ketones (excluding diaryl/α,β-unsaturated/α-hetero) is 2. The second-order valence-electron chi connectivity index (χ2n) is 6.24. The lowest BCUT2D eigenvalue weighted by Crippen LogP contribution is -2.47. The van der Waals surface area contributed by atoms with Gasteiger partial charge in [0.2, 0.25) is 0 Å². The lowest BCUT2D eigenvalue weighted by atomic mass is 9.62. The van der Waals surface area contributed by atoms with Gasteiger partial charge in [-0.2, -0.15) is 0 Å². The van der Waals surface area contributed by atoms with Gasteiger partial charge >= 0.3 is 0 Å². The molecule has 0 bridgehead atoms. The highest BCUT2D eigenvalue weighted by Gasteiger charge is 2.49. The molecule has 0 aliphatic heterocycles. The predicted molar refractivity (Wildman–Crippen MR) is 86.9 cm³/mol. The summed E-state index contributed by atoms with van der Waals surface area (Å²) in [6.07, 6.45) is 1.95. The van der Waals surface area contributed by atoms with Gasteiger partial charge in [0.25, 0.3) is 0 Å². The molecule has 2 nitrogen and oxygen atoms in total. The van der Waals surface area contributed by atoms with E-state index in [4.69, 9.17) is 0 Å². The number of rotatable bonds is 3. The van der Waals surface area contributed by atoms with Crippen LogP contribution in [0.25, 0.3) is 0 Å². The lowest BCUT2D eigenvalue weighted by Gasteiger charge is -2.37. The average Bonchev–Trinajstić information content (AvgIpc) is 2.58. The number of carbonyl (C=O) groups is 2. The fourth-order valence-electron chi connectivity index (χ4n) is 3.52. The van der Waals surface area contributed by atoms with Gasteiger partial charge in [-0.1, -0.05) is 67.6 Å². The molecule has 0 unspecified atom stereocenters. The monoisotopic (exact) mass is 292 g/mol. The molecular formula is C20H20O2. The van der Waals surface area contributed by atoms with Crippen molar-refractivity contribution in [2.75, 3.05) is 0 Å². The third kappa shape index (κ3) is 2.39. The summed E-state index contributed by atoms with van der Waals surface area (Å²) >= 11 is 0. The third-order valence-electron chi connectivity index (χ3n) is 4.69. The van der Waals surface area contributed by atoms with Gasteiger partial charge in [0, 0.05) is 12.0 Å². The quantitative estimate of drug-likeness (QED) is 0.627. The SMILES string of the molecule is C[C@@H]1CCC(=O)[C@](C(=O)c2ccccc2)(c2ccccc2)C1. The summed E-state index contributed by atoms with van der Waals surface area (Å²) in [6, 6.07) is 18.8. The molecule has 1 aliphatic rings. The van der Waals surface area contributed by atoms with Gasteiger partial charge in [-0.25, -0.2) is 0 Å². The average molecular weight is 292 g/mol. The minimum Gasteiger partial charge on any atom is -0.298 e. The number of ketones is 2. The van der Waals surface area contributed by atoms with E-state index in [-0.39, 0.29) is 11.6 Å². The second-order valence-corrected chi connectivity index (χ2v) is 6.24. The van der Waals surface area contributed by atoms with Crippen molar-refractivity contribution in [2.24, 2.45) is 5.92 Å². The summed E-state index contributed by atoms with van der Waals surface area (Å²) in [6.45, 7) is 2.13. The predicted octanol–water partition coefficient (Wildman–Crippen LogP) is 4.20. The number of hydrogen-bond donors (Lipinski definition) is 0. The molecule has 0 saturated heterocycles. The van der Waals surface area contributed by atoms with Crippen LogP contribution in [0.3, 0.4) is 0 Å². The number of hydrogen-bond acceptors (Lipinski definition) is 2. The third-order valence-corrected chi connectivity index (χ3v) is 4.69. The minimum absolute atomic E-state index is 0.0594. The molecule has 112 valence electrons. The summed E-state index contributed by atoms with van der Waals surface area (Å²) < 4.78 is 0. The van der Waals surface area contributed by atoms with Crippen molar-refractivity contribution in [3.05, 3.63) is 71.8 Å². The maximum Gasteiger partial charge on any atom is 0.180 e. The molecule has 0 heterocycles. The molecule has 3 rings (SSSR count). The highest BCUT2D eigenvalue weighted by molar-refractivity contribution is 6.19. The van der Waals surface area contributed by atoms with Gasteiger partial charge in [0.05, 0.1) is 0 Å². The first-order valence-electron chi connectivity index (χ1n) is 7.83. The molecule has 2 aromatic rings. The van der Waals surface area contributed by atoms with E-state index < -0.39 is 5.41 Å². The molecule has 0 aromatic heterocycles. The zero-order valence-electron chi connectivity index (χ0n) is 12.8. The Bertz CT molecular complexity index is 675. The van der Waals surface area contributed by atoms with Crippen LogP contribution in [0, 0.1) is 5.92 Å². The molecule has 2 heteroatoms. The molecule has 0 radical (unpaired) electrons. The van der Waals surface area contributed by atoms with Crippen molar-refractivity contribution < 1.29 is 9.59 Å². The Balaban J connectivity index is 2.15. The van der Waals surface area contributed by atoms with E-state index in [0.29, 0.717) is 24.3 Å². The fourth-order valence-corrected chi connectivity index (χ4v) is 3.52. The molecule has 1 aliphatic carbocycles. The van der Waals surface area contributed by atoms with Crippen molar-refractivity contribution in [3.8, 4) is 0 Å². The maximum atomic E-state index is 13.3. The minimum atomic E-state index is -1.01. The Morgan fingerprint density at radius 3 is 2.23 bits per heavy atom. The van der Waals surface area contributed by atoms with Crippen LogP contribution < -0.4 is 0 Å². The van der Waals surface area contributed by atoms with Crippen LogP contribution in [0.4, 0.5) is 0 Å². The first-order chi connectivity index (χ1) is 10.6. The molecule has 1 saturated carbocycles. The topological polar surface area (TPSA) is 34.1 Å². The van der Waals surface area contributed by atoms with Crippen LogP contribution in [-0.2, 0) is 10.2 Å². The summed E-state index contributed by atoms with van der Waals surface area (Å²) in [5.41, 5.74) is 0.439. The lowest BCUT2D eigenvalue weighted by molar-refractivity contribution is -0.125. The largest absolute Gasteiger partial charge is 0.298 e. The summed E-state index contributed by atoms with van der Waals surface area (Å²) in [4.78, 5) is 26.1. The molecule has 1 fully saturated rings. The van der Waals surface area contributed by atoms with Crippen molar-refractivity contribution in [2.45, 2.75) is 31.6 Å². The van der Waals surface area contributed by atoms with E-state index in [9.17, 15) is 9.59 Å². The summed E-state index contributed by atoms with van der Waals surface area (Å²) in [5.74, 6) is 0.368. The van der Waals surface area contributed by atoms with E-state index in [0.717, 1.165) is 12.0 Å². The second kappa shape index (κ2) is 5.88. The highest BCUT2D eigenvalue weighted by Crippen LogP contribution is 2.42. The zero-order chi connectivity index (χ0) is 15.6. The molecule has 0 N–H and O–H groups in total. The Kier molecular flexibility index (Phi) is 3.93. The van der Waals surface area contributed by atoms with Crippen LogP contribution >= 0.6 is 0 Å².